The van der Waals surface area contributed by atoms with Crippen molar-refractivity contribution >= 4 is 0 Å². The molecule has 0 spiro atoms. The zero-order valence-corrected chi connectivity index (χ0v) is 8.13. The van der Waals surface area contributed by atoms with E-state index in [0.29, 0.717) is 0 Å². The van der Waals surface area contributed by atoms with Crippen LogP contribution in [-0.2, 0) is 4.74 Å². The van der Waals surface area contributed by atoms with Crippen LogP contribution >= 0.6 is 0 Å². The van der Waals surface area contributed by atoms with Gasteiger partial charge in [0.05, 0.1) is 17.3 Å². The molecule has 0 amide bonds. The van der Waals surface area contributed by atoms with E-state index in [1.54, 1.807) is 0 Å². The Morgan fingerprint density at radius 1 is 1.50 bits per heavy atom. The van der Waals surface area contributed by atoms with E-state index >= 15 is 0 Å². The molecular weight excluding hydrogens is 152 g/mol. The zero-order chi connectivity index (χ0) is 9.41. The lowest BCUT2D eigenvalue weighted by Crippen LogP contribution is -2.51. The van der Waals surface area contributed by atoms with Gasteiger partial charge in [0.2, 0.25) is 0 Å². The molecule has 70 valence electrons. The third kappa shape index (κ3) is 1.70. The molecule has 2 nitrogen and oxygen atoms in total. The molecule has 1 saturated heterocycles. The molecule has 2 atom stereocenters. The van der Waals surface area contributed by atoms with Crippen LogP contribution in [0.1, 0.15) is 33.6 Å². The summed E-state index contributed by atoms with van der Waals surface area (Å²) in [6.45, 7) is 9.58. The predicted octanol–water partition coefficient (Wildman–Crippen LogP) is 1.88. The lowest BCUT2D eigenvalue weighted by molar-refractivity contribution is -0.195. The van der Waals surface area contributed by atoms with Crippen LogP contribution in [0.5, 0.6) is 0 Å². The lowest BCUT2D eigenvalue weighted by atomic mass is 9.86. The minimum atomic E-state index is -0.443. The highest BCUT2D eigenvalue weighted by molar-refractivity contribution is 5.01. The van der Waals surface area contributed by atoms with Crippen LogP contribution in [0.2, 0.25) is 0 Å². The Hall–Kier alpha value is -0.340. The Kier molecular flexibility index (Phi) is 2.32. The minimum absolute atomic E-state index is 0.261. The van der Waals surface area contributed by atoms with E-state index in [-0.39, 0.29) is 11.7 Å². The molecule has 2 heteroatoms. The van der Waals surface area contributed by atoms with Gasteiger partial charge in [-0.05, 0) is 33.6 Å². The van der Waals surface area contributed by atoms with Crippen LogP contribution in [-0.4, -0.2) is 22.4 Å². The van der Waals surface area contributed by atoms with Crippen molar-refractivity contribution in [1.29, 1.82) is 0 Å². The fourth-order valence-corrected chi connectivity index (χ4v) is 1.63. The molecule has 12 heavy (non-hydrogen) atoms. The Bertz CT molecular complexity index is 186. The van der Waals surface area contributed by atoms with Gasteiger partial charge in [-0.3, -0.25) is 0 Å². The topological polar surface area (TPSA) is 29.5 Å². The van der Waals surface area contributed by atoms with Crippen molar-refractivity contribution in [3.05, 3.63) is 12.7 Å². The first-order chi connectivity index (χ1) is 5.40. The van der Waals surface area contributed by atoms with Crippen molar-refractivity contribution in [2.75, 3.05) is 0 Å². The van der Waals surface area contributed by atoms with Crippen LogP contribution in [0, 0.1) is 0 Å². The van der Waals surface area contributed by atoms with Gasteiger partial charge in [-0.1, -0.05) is 6.08 Å². The maximum absolute atomic E-state index is 9.61. The van der Waals surface area contributed by atoms with Gasteiger partial charge in [-0.2, -0.15) is 0 Å². The average molecular weight is 170 g/mol. The third-order valence-electron chi connectivity index (χ3n) is 2.64. The highest BCUT2D eigenvalue weighted by Gasteiger charge is 2.41. The molecule has 1 unspecified atom stereocenters. The van der Waals surface area contributed by atoms with Gasteiger partial charge in [0.15, 0.2) is 0 Å². The van der Waals surface area contributed by atoms with Crippen LogP contribution < -0.4 is 0 Å². The maximum Gasteiger partial charge on any atom is 0.0895 e. The normalized spacial score (nSPS) is 40.8. The smallest absolute Gasteiger partial charge is 0.0895 e. The summed E-state index contributed by atoms with van der Waals surface area (Å²) in [6, 6.07) is 0. The number of aliphatic hydroxyl groups excluding tert-OH is 1. The number of ether oxygens (including phenoxy) is 1. The molecule has 0 bridgehead atoms. The first-order valence-electron chi connectivity index (χ1n) is 4.41. The summed E-state index contributed by atoms with van der Waals surface area (Å²) in [5.74, 6) is 0. The molecule has 0 aromatic rings. The quantitative estimate of drug-likeness (QED) is 0.609. The van der Waals surface area contributed by atoms with Crippen LogP contribution in [0.25, 0.3) is 0 Å². The Morgan fingerprint density at radius 3 is 2.50 bits per heavy atom. The summed E-state index contributed by atoms with van der Waals surface area (Å²) in [6.07, 6.45) is 3.10. The summed E-state index contributed by atoms with van der Waals surface area (Å²) in [7, 11) is 0. The number of hydrogen-bond donors (Lipinski definition) is 1. The Morgan fingerprint density at radius 2 is 2.08 bits per heavy atom. The zero-order valence-electron chi connectivity index (χ0n) is 8.13. The van der Waals surface area contributed by atoms with Crippen LogP contribution in [0.15, 0.2) is 12.7 Å². The van der Waals surface area contributed by atoms with Crippen molar-refractivity contribution in [2.45, 2.75) is 50.9 Å². The summed E-state index contributed by atoms with van der Waals surface area (Å²) < 4.78 is 5.75. The van der Waals surface area contributed by atoms with E-state index in [2.05, 4.69) is 6.58 Å². The summed E-state index contributed by atoms with van der Waals surface area (Å²) >= 11 is 0. The average Bonchev–Trinajstić information content (AvgIpc) is 1.97. The number of rotatable bonds is 1. The van der Waals surface area contributed by atoms with E-state index in [9.17, 15) is 5.11 Å². The molecule has 0 saturated carbocycles. The van der Waals surface area contributed by atoms with E-state index in [0.717, 1.165) is 12.8 Å². The Labute approximate surface area is 74.2 Å². The van der Waals surface area contributed by atoms with Gasteiger partial charge >= 0.3 is 0 Å². The molecule has 1 aliphatic rings. The molecule has 1 rings (SSSR count). The number of aliphatic hydroxyl groups is 1. The van der Waals surface area contributed by atoms with E-state index in [1.807, 2.05) is 26.8 Å². The maximum atomic E-state index is 9.61. The van der Waals surface area contributed by atoms with Crippen molar-refractivity contribution in [1.82, 2.24) is 0 Å². The van der Waals surface area contributed by atoms with Gasteiger partial charge in [-0.15, -0.1) is 6.58 Å². The first kappa shape index (κ1) is 9.75. The van der Waals surface area contributed by atoms with Gasteiger partial charge in [0.1, 0.15) is 0 Å². The lowest BCUT2D eigenvalue weighted by Gasteiger charge is -2.44. The highest BCUT2D eigenvalue weighted by Crippen LogP contribution is 2.35. The van der Waals surface area contributed by atoms with Crippen LogP contribution in [0.4, 0.5) is 0 Å². The molecule has 0 aliphatic carbocycles. The number of hydrogen-bond acceptors (Lipinski definition) is 2. The van der Waals surface area contributed by atoms with E-state index in [1.165, 1.54) is 0 Å². The fraction of sp³-hybridized carbons (Fsp3) is 0.800. The van der Waals surface area contributed by atoms with Crippen LogP contribution in [0.3, 0.4) is 0 Å². The van der Waals surface area contributed by atoms with E-state index in [4.69, 9.17) is 4.74 Å². The summed E-state index contributed by atoms with van der Waals surface area (Å²) in [5.41, 5.74) is -0.704. The SMILES string of the molecule is C=C[C@@]1(C)CCC(O)C(C)(C)O1. The fourth-order valence-electron chi connectivity index (χ4n) is 1.63. The Balaban J connectivity index is 2.75. The summed E-state index contributed by atoms with van der Waals surface area (Å²) in [5, 5.41) is 9.61. The van der Waals surface area contributed by atoms with Crippen molar-refractivity contribution < 1.29 is 9.84 Å². The molecular formula is C10H18O2. The van der Waals surface area contributed by atoms with Crippen molar-refractivity contribution in [3.63, 3.8) is 0 Å². The second-order valence-corrected chi connectivity index (χ2v) is 4.28. The molecule has 1 fully saturated rings. The minimum Gasteiger partial charge on any atom is -0.390 e. The standard InChI is InChI=1S/C10H18O2/c1-5-10(4)7-6-8(11)9(2,3)12-10/h5,8,11H,1,6-7H2,2-4H3/t8?,10-/m0/s1. The van der Waals surface area contributed by atoms with Crippen molar-refractivity contribution in [3.8, 4) is 0 Å². The molecule has 1 aliphatic heterocycles. The van der Waals surface area contributed by atoms with E-state index < -0.39 is 5.60 Å². The molecule has 0 aromatic carbocycles. The second-order valence-electron chi connectivity index (χ2n) is 4.28. The molecule has 0 aromatic heterocycles. The predicted molar refractivity (Wildman–Crippen MR) is 49.0 cm³/mol. The first-order valence-corrected chi connectivity index (χ1v) is 4.41. The highest BCUT2D eigenvalue weighted by atomic mass is 16.5. The monoisotopic (exact) mass is 170 g/mol. The second kappa shape index (κ2) is 2.86. The van der Waals surface area contributed by atoms with Gasteiger partial charge in [-0.25, -0.2) is 0 Å². The molecule has 0 radical (unpaired) electrons. The molecule has 1 N–H and O–H groups in total. The van der Waals surface area contributed by atoms with Gasteiger partial charge in [0, 0.05) is 0 Å². The molecule has 1 heterocycles. The van der Waals surface area contributed by atoms with Gasteiger partial charge in [0.25, 0.3) is 0 Å². The van der Waals surface area contributed by atoms with Crippen molar-refractivity contribution in [2.24, 2.45) is 0 Å². The van der Waals surface area contributed by atoms with Gasteiger partial charge < -0.3 is 9.84 Å². The third-order valence-corrected chi connectivity index (χ3v) is 2.64. The largest absolute Gasteiger partial charge is 0.390 e. The summed E-state index contributed by atoms with van der Waals surface area (Å²) in [4.78, 5) is 0.